The van der Waals surface area contributed by atoms with E-state index in [-0.39, 0.29) is 5.78 Å². The molecule has 11 heavy (non-hydrogen) atoms. The number of hydrogen-bond donors (Lipinski definition) is 0. The second-order valence-electron chi connectivity index (χ2n) is 2.87. The number of ketones is 1. The van der Waals surface area contributed by atoms with Gasteiger partial charge in [-0.1, -0.05) is 0 Å². The van der Waals surface area contributed by atoms with Gasteiger partial charge in [-0.3, -0.25) is 4.79 Å². The second kappa shape index (κ2) is 2.53. The molecule has 0 aromatic rings. The molecule has 0 amide bonds. The van der Waals surface area contributed by atoms with Crippen molar-refractivity contribution in [3.63, 3.8) is 0 Å². The maximum atomic E-state index is 11.3. The lowest BCUT2D eigenvalue weighted by Gasteiger charge is -2.19. The van der Waals surface area contributed by atoms with Gasteiger partial charge in [0.1, 0.15) is 5.76 Å². The van der Waals surface area contributed by atoms with Gasteiger partial charge in [0.2, 0.25) is 0 Å². The standard InChI is InChI=1S/C9H10O2/c10-8-4-1-5-9-7(8)3-2-6-11-9/h2,6H,1,3-5H2. The zero-order valence-electron chi connectivity index (χ0n) is 6.30. The molecule has 2 aliphatic rings. The quantitative estimate of drug-likeness (QED) is 0.527. The molecule has 0 bridgehead atoms. The van der Waals surface area contributed by atoms with E-state index in [4.69, 9.17) is 4.74 Å². The Bertz CT molecular complexity index is 248. The fraction of sp³-hybridized carbons (Fsp3) is 0.444. The van der Waals surface area contributed by atoms with E-state index in [1.54, 1.807) is 6.26 Å². The summed E-state index contributed by atoms with van der Waals surface area (Å²) in [5.41, 5.74) is 0.902. The predicted octanol–water partition coefficient (Wildman–Crippen LogP) is 1.93. The van der Waals surface area contributed by atoms with Gasteiger partial charge in [0.05, 0.1) is 6.26 Å². The Morgan fingerprint density at radius 1 is 1.36 bits per heavy atom. The summed E-state index contributed by atoms with van der Waals surface area (Å²) in [4.78, 5) is 11.3. The SMILES string of the molecule is O=C1CCCC2=C1CC=CO2. The summed E-state index contributed by atoms with van der Waals surface area (Å²) in [5, 5.41) is 0. The van der Waals surface area contributed by atoms with Crippen molar-refractivity contribution in [2.24, 2.45) is 0 Å². The van der Waals surface area contributed by atoms with Gasteiger partial charge in [-0.05, 0) is 12.5 Å². The Kier molecular flexibility index (Phi) is 1.53. The van der Waals surface area contributed by atoms with Crippen LogP contribution in [0.4, 0.5) is 0 Å². The third-order valence-electron chi connectivity index (χ3n) is 2.11. The smallest absolute Gasteiger partial charge is 0.162 e. The van der Waals surface area contributed by atoms with Crippen LogP contribution in [0.2, 0.25) is 0 Å². The van der Waals surface area contributed by atoms with E-state index >= 15 is 0 Å². The van der Waals surface area contributed by atoms with E-state index in [2.05, 4.69) is 0 Å². The molecule has 0 spiro atoms. The van der Waals surface area contributed by atoms with E-state index in [0.29, 0.717) is 6.42 Å². The van der Waals surface area contributed by atoms with Gasteiger partial charge in [0.15, 0.2) is 5.78 Å². The first kappa shape index (κ1) is 6.65. The Morgan fingerprint density at radius 2 is 2.27 bits per heavy atom. The first-order valence-corrected chi connectivity index (χ1v) is 3.95. The van der Waals surface area contributed by atoms with Gasteiger partial charge in [-0.15, -0.1) is 0 Å². The third kappa shape index (κ3) is 1.09. The molecule has 58 valence electrons. The lowest BCUT2D eigenvalue weighted by molar-refractivity contribution is -0.116. The average molecular weight is 150 g/mol. The van der Waals surface area contributed by atoms with Crippen LogP contribution in [0.25, 0.3) is 0 Å². The largest absolute Gasteiger partial charge is 0.469 e. The highest BCUT2D eigenvalue weighted by molar-refractivity contribution is 5.96. The molecule has 2 heteroatoms. The van der Waals surface area contributed by atoms with Crippen LogP contribution in [0, 0.1) is 0 Å². The van der Waals surface area contributed by atoms with Gasteiger partial charge in [0, 0.05) is 24.8 Å². The summed E-state index contributed by atoms with van der Waals surface area (Å²) in [6.45, 7) is 0. The average Bonchev–Trinajstić information content (AvgIpc) is 2.06. The molecule has 0 fully saturated rings. The molecular formula is C9H10O2. The number of ether oxygens (including phenoxy) is 1. The highest BCUT2D eigenvalue weighted by Crippen LogP contribution is 2.28. The molecule has 2 rings (SSSR count). The van der Waals surface area contributed by atoms with Crippen LogP contribution >= 0.6 is 0 Å². The monoisotopic (exact) mass is 150 g/mol. The van der Waals surface area contributed by atoms with Crippen molar-refractivity contribution in [1.82, 2.24) is 0 Å². The van der Waals surface area contributed by atoms with E-state index < -0.39 is 0 Å². The molecule has 0 atom stereocenters. The minimum absolute atomic E-state index is 0.274. The second-order valence-corrected chi connectivity index (χ2v) is 2.87. The van der Waals surface area contributed by atoms with Crippen LogP contribution in [0.15, 0.2) is 23.7 Å². The molecule has 0 N–H and O–H groups in total. The zero-order valence-corrected chi connectivity index (χ0v) is 6.30. The van der Waals surface area contributed by atoms with Crippen molar-refractivity contribution >= 4 is 5.78 Å². The first-order chi connectivity index (χ1) is 5.38. The number of rotatable bonds is 0. The molecule has 0 saturated heterocycles. The lowest BCUT2D eigenvalue weighted by Crippen LogP contribution is -2.13. The molecule has 0 saturated carbocycles. The molecule has 1 heterocycles. The molecule has 0 aromatic heterocycles. The molecule has 0 aromatic carbocycles. The molecule has 1 aliphatic heterocycles. The number of Topliss-reactive ketones (excluding diaryl/α,β-unsaturated/α-hetero) is 1. The molecule has 1 aliphatic carbocycles. The van der Waals surface area contributed by atoms with Crippen LogP contribution in [0.3, 0.4) is 0 Å². The van der Waals surface area contributed by atoms with Crippen LogP contribution in [-0.2, 0) is 9.53 Å². The lowest BCUT2D eigenvalue weighted by atomic mass is 9.93. The molecule has 0 unspecified atom stereocenters. The topological polar surface area (TPSA) is 26.3 Å². The zero-order chi connectivity index (χ0) is 7.68. The minimum atomic E-state index is 0.274. The summed E-state index contributed by atoms with van der Waals surface area (Å²) in [6.07, 6.45) is 6.93. The Labute approximate surface area is 65.5 Å². The Balaban J connectivity index is 2.29. The summed E-state index contributed by atoms with van der Waals surface area (Å²) in [6, 6.07) is 0. The summed E-state index contributed by atoms with van der Waals surface area (Å²) >= 11 is 0. The maximum absolute atomic E-state index is 11.3. The number of carbonyl (C=O) groups is 1. The molecular weight excluding hydrogens is 140 g/mol. The third-order valence-corrected chi connectivity index (χ3v) is 2.11. The maximum Gasteiger partial charge on any atom is 0.162 e. The molecule has 0 radical (unpaired) electrons. The number of hydrogen-bond acceptors (Lipinski definition) is 2. The van der Waals surface area contributed by atoms with Crippen molar-refractivity contribution in [3.8, 4) is 0 Å². The van der Waals surface area contributed by atoms with Gasteiger partial charge in [-0.2, -0.15) is 0 Å². The summed E-state index contributed by atoms with van der Waals surface area (Å²) in [7, 11) is 0. The fourth-order valence-electron chi connectivity index (χ4n) is 1.52. The van der Waals surface area contributed by atoms with Crippen LogP contribution in [0.1, 0.15) is 25.7 Å². The van der Waals surface area contributed by atoms with Gasteiger partial charge >= 0.3 is 0 Å². The van der Waals surface area contributed by atoms with E-state index in [1.807, 2.05) is 6.08 Å². The van der Waals surface area contributed by atoms with Gasteiger partial charge in [0.25, 0.3) is 0 Å². The normalized spacial score (nSPS) is 23.1. The fourth-order valence-corrected chi connectivity index (χ4v) is 1.52. The van der Waals surface area contributed by atoms with Crippen molar-refractivity contribution < 1.29 is 9.53 Å². The predicted molar refractivity (Wildman–Crippen MR) is 40.7 cm³/mol. The summed E-state index contributed by atoms with van der Waals surface area (Å²) < 4.78 is 5.23. The van der Waals surface area contributed by atoms with Crippen molar-refractivity contribution in [2.75, 3.05) is 0 Å². The van der Waals surface area contributed by atoms with Crippen LogP contribution in [0.5, 0.6) is 0 Å². The van der Waals surface area contributed by atoms with E-state index in [9.17, 15) is 4.79 Å². The highest BCUT2D eigenvalue weighted by Gasteiger charge is 2.21. The van der Waals surface area contributed by atoms with E-state index in [1.165, 1.54) is 0 Å². The minimum Gasteiger partial charge on any atom is -0.469 e. The van der Waals surface area contributed by atoms with Crippen LogP contribution < -0.4 is 0 Å². The number of allylic oxidation sites excluding steroid dienone is 3. The summed E-state index contributed by atoms with van der Waals surface area (Å²) in [5.74, 6) is 1.18. The van der Waals surface area contributed by atoms with Crippen LogP contribution in [-0.4, -0.2) is 5.78 Å². The van der Waals surface area contributed by atoms with Crippen molar-refractivity contribution in [2.45, 2.75) is 25.7 Å². The molecule has 2 nitrogen and oxygen atoms in total. The van der Waals surface area contributed by atoms with E-state index in [0.717, 1.165) is 30.6 Å². The number of carbonyl (C=O) groups excluding carboxylic acids is 1. The van der Waals surface area contributed by atoms with Gasteiger partial charge < -0.3 is 4.74 Å². The first-order valence-electron chi connectivity index (χ1n) is 3.95. The highest BCUT2D eigenvalue weighted by atomic mass is 16.5. The van der Waals surface area contributed by atoms with Crippen molar-refractivity contribution in [1.29, 1.82) is 0 Å². The van der Waals surface area contributed by atoms with Gasteiger partial charge in [-0.25, -0.2) is 0 Å². The Morgan fingerprint density at radius 3 is 3.09 bits per heavy atom. The Hall–Kier alpha value is -1.05. The van der Waals surface area contributed by atoms with Crippen molar-refractivity contribution in [3.05, 3.63) is 23.7 Å².